The van der Waals surface area contributed by atoms with Crippen molar-refractivity contribution in [2.24, 2.45) is 0 Å². The molecule has 6 nitrogen and oxygen atoms in total. The Balaban J connectivity index is 1.82. The zero-order valence-electron chi connectivity index (χ0n) is 18.5. The van der Waals surface area contributed by atoms with Crippen molar-refractivity contribution in [1.29, 1.82) is 0 Å². The highest BCUT2D eigenvalue weighted by molar-refractivity contribution is 9.10. The minimum atomic E-state index is -0.758. The molecule has 4 amide bonds. The van der Waals surface area contributed by atoms with Gasteiger partial charge in [-0.15, -0.1) is 0 Å². The van der Waals surface area contributed by atoms with Crippen LogP contribution in [0.5, 0.6) is 0 Å². The van der Waals surface area contributed by atoms with Gasteiger partial charge in [-0.25, -0.2) is 9.69 Å². The molecule has 0 saturated carbocycles. The van der Waals surface area contributed by atoms with Crippen LogP contribution in [0, 0.1) is 27.7 Å². The summed E-state index contributed by atoms with van der Waals surface area (Å²) in [4.78, 5) is 39.6. The monoisotopic (exact) mass is 569 g/mol. The number of hydrogen-bond donors (Lipinski definition) is 1. The smallest absolute Gasteiger partial charge is 0.317 e. The van der Waals surface area contributed by atoms with Gasteiger partial charge in [-0.1, -0.05) is 22.0 Å². The molecular formula is C25H21Br2N3O3. The van der Waals surface area contributed by atoms with Crippen LogP contribution in [0.1, 0.15) is 28.1 Å². The molecule has 0 spiro atoms. The number of imide groups is 2. The first-order valence-corrected chi connectivity index (χ1v) is 11.8. The van der Waals surface area contributed by atoms with Crippen LogP contribution in [0.4, 0.5) is 10.5 Å². The number of carbonyl (C=O) groups excluding carboxylic acids is 3. The third-order valence-electron chi connectivity index (χ3n) is 5.55. The summed E-state index contributed by atoms with van der Waals surface area (Å²) < 4.78 is 3.78. The van der Waals surface area contributed by atoms with Gasteiger partial charge in [0, 0.05) is 31.6 Å². The molecule has 0 unspecified atom stereocenters. The van der Waals surface area contributed by atoms with E-state index in [1.807, 2.05) is 62.6 Å². The molecule has 4 rings (SSSR count). The molecule has 1 fully saturated rings. The quantitative estimate of drug-likeness (QED) is 0.315. The second-order valence-corrected chi connectivity index (χ2v) is 9.72. The van der Waals surface area contributed by atoms with Crippen LogP contribution in [-0.4, -0.2) is 22.4 Å². The third-order valence-corrected chi connectivity index (χ3v) is 7.08. The molecule has 0 radical (unpaired) electrons. The number of anilines is 1. The summed E-state index contributed by atoms with van der Waals surface area (Å²) in [7, 11) is 0. The number of halogens is 2. The van der Waals surface area contributed by atoms with Crippen LogP contribution in [0.25, 0.3) is 11.8 Å². The normalized spacial score (nSPS) is 15.4. The first-order chi connectivity index (χ1) is 15.6. The lowest BCUT2D eigenvalue weighted by Gasteiger charge is -2.27. The SMILES string of the molecule is Cc1cc(C)cc(N2C(=O)NC(=O)/C(=C\c3c(Br)c(C)n(-c4ccc(Br)cc4)c3C)C2=O)c1. The summed E-state index contributed by atoms with van der Waals surface area (Å²) in [6.07, 6.45) is 1.54. The summed E-state index contributed by atoms with van der Waals surface area (Å²) in [6.45, 7) is 7.65. The number of benzene rings is 2. The Morgan fingerprint density at radius 2 is 1.42 bits per heavy atom. The maximum Gasteiger partial charge on any atom is 0.335 e. The van der Waals surface area contributed by atoms with Crippen molar-refractivity contribution in [3.05, 3.63) is 85.1 Å². The van der Waals surface area contributed by atoms with Crippen molar-refractivity contribution in [2.75, 3.05) is 4.90 Å². The fourth-order valence-corrected chi connectivity index (χ4v) is 4.93. The number of carbonyl (C=O) groups is 3. The highest BCUT2D eigenvalue weighted by atomic mass is 79.9. The van der Waals surface area contributed by atoms with Crippen LogP contribution in [0.3, 0.4) is 0 Å². The lowest BCUT2D eigenvalue weighted by molar-refractivity contribution is -0.122. The van der Waals surface area contributed by atoms with Crippen molar-refractivity contribution in [2.45, 2.75) is 27.7 Å². The summed E-state index contributed by atoms with van der Waals surface area (Å²) in [6, 6.07) is 12.5. The largest absolute Gasteiger partial charge is 0.335 e. The Kier molecular flexibility index (Phi) is 6.16. The minimum absolute atomic E-state index is 0.106. The van der Waals surface area contributed by atoms with Crippen molar-refractivity contribution < 1.29 is 14.4 Å². The number of rotatable bonds is 3. The lowest BCUT2D eigenvalue weighted by atomic mass is 10.1. The lowest BCUT2D eigenvalue weighted by Crippen LogP contribution is -2.54. The zero-order valence-corrected chi connectivity index (χ0v) is 21.7. The number of amides is 4. The first-order valence-electron chi connectivity index (χ1n) is 10.2. The molecule has 1 aliphatic rings. The van der Waals surface area contributed by atoms with Gasteiger partial charge in [-0.2, -0.15) is 0 Å². The Hall–Kier alpha value is -2.97. The summed E-state index contributed by atoms with van der Waals surface area (Å²) in [5.41, 5.74) is 5.56. The maximum absolute atomic E-state index is 13.3. The van der Waals surface area contributed by atoms with E-state index >= 15 is 0 Å². The Bertz CT molecular complexity index is 1330. The number of hydrogen-bond acceptors (Lipinski definition) is 3. The Labute approximate surface area is 208 Å². The van der Waals surface area contributed by atoms with Crippen LogP contribution >= 0.6 is 31.9 Å². The Morgan fingerprint density at radius 1 is 0.818 bits per heavy atom. The van der Waals surface area contributed by atoms with Crippen molar-refractivity contribution in [3.8, 4) is 5.69 Å². The van der Waals surface area contributed by atoms with Gasteiger partial charge >= 0.3 is 6.03 Å². The molecule has 0 atom stereocenters. The van der Waals surface area contributed by atoms with E-state index in [4.69, 9.17) is 0 Å². The Morgan fingerprint density at radius 3 is 2.03 bits per heavy atom. The molecule has 1 aromatic heterocycles. The van der Waals surface area contributed by atoms with Crippen molar-refractivity contribution >= 4 is 61.5 Å². The molecule has 1 N–H and O–H groups in total. The van der Waals surface area contributed by atoms with Gasteiger partial charge in [0.25, 0.3) is 11.8 Å². The summed E-state index contributed by atoms with van der Waals surface area (Å²) >= 11 is 7.07. The third kappa shape index (κ3) is 4.20. The van der Waals surface area contributed by atoms with E-state index in [0.29, 0.717) is 11.3 Å². The predicted molar refractivity (Wildman–Crippen MR) is 136 cm³/mol. The predicted octanol–water partition coefficient (Wildman–Crippen LogP) is 5.90. The van der Waals surface area contributed by atoms with Crippen LogP contribution in [0.15, 0.2) is 57.0 Å². The van der Waals surface area contributed by atoms with E-state index in [1.54, 1.807) is 18.2 Å². The number of aryl methyl sites for hydroxylation is 2. The van der Waals surface area contributed by atoms with Gasteiger partial charge in [0.1, 0.15) is 5.57 Å². The fourth-order valence-electron chi connectivity index (χ4n) is 4.09. The minimum Gasteiger partial charge on any atom is -0.317 e. The van der Waals surface area contributed by atoms with E-state index in [0.717, 1.165) is 42.0 Å². The molecular weight excluding hydrogens is 550 g/mol. The zero-order chi connectivity index (χ0) is 24.0. The molecule has 168 valence electrons. The number of aromatic nitrogens is 1. The molecule has 8 heteroatoms. The van der Waals surface area contributed by atoms with Gasteiger partial charge in [0.2, 0.25) is 0 Å². The molecule has 0 aliphatic carbocycles. The number of nitrogens with one attached hydrogen (secondary N) is 1. The average molecular weight is 571 g/mol. The highest BCUT2D eigenvalue weighted by Gasteiger charge is 2.37. The molecule has 33 heavy (non-hydrogen) atoms. The number of barbiturate groups is 1. The van der Waals surface area contributed by atoms with E-state index in [1.165, 1.54) is 0 Å². The van der Waals surface area contributed by atoms with Crippen LogP contribution in [-0.2, 0) is 9.59 Å². The average Bonchev–Trinajstić information content (AvgIpc) is 2.94. The van der Waals surface area contributed by atoms with Crippen LogP contribution in [0.2, 0.25) is 0 Å². The second kappa shape index (κ2) is 8.76. The number of nitrogens with zero attached hydrogens (tertiary/aromatic N) is 2. The van der Waals surface area contributed by atoms with E-state index in [2.05, 4.69) is 37.2 Å². The van der Waals surface area contributed by atoms with Crippen molar-refractivity contribution in [3.63, 3.8) is 0 Å². The van der Waals surface area contributed by atoms with Crippen molar-refractivity contribution in [1.82, 2.24) is 9.88 Å². The standard InChI is InChI=1S/C25H21Br2N3O3/c1-13-9-14(2)11-19(10-13)30-24(32)21(23(31)28-25(30)33)12-20-15(3)29(16(4)22(20)27)18-7-5-17(26)6-8-18/h5-12H,1-4H3,(H,28,31,33)/b21-12+. The van der Waals surface area contributed by atoms with Crippen LogP contribution < -0.4 is 10.2 Å². The molecule has 0 bridgehead atoms. The summed E-state index contributed by atoms with van der Waals surface area (Å²) in [5, 5.41) is 2.30. The topological polar surface area (TPSA) is 71.4 Å². The van der Waals surface area contributed by atoms with Gasteiger partial charge in [-0.05, 0) is 97.2 Å². The molecule has 2 heterocycles. The first kappa shape index (κ1) is 23.2. The fraction of sp³-hybridized carbons (Fsp3) is 0.160. The van der Waals surface area contributed by atoms with E-state index in [-0.39, 0.29) is 5.57 Å². The van der Waals surface area contributed by atoms with Gasteiger partial charge in [-0.3, -0.25) is 14.9 Å². The van der Waals surface area contributed by atoms with E-state index < -0.39 is 17.8 Å². The van der Waals surface area contributed by atoms with Gasteiger partial charge in [0.05, 0.1) is 5.69 Å². The van der Waals surface area contributed by atoms with E-state index in [9.17, 15) is 14.4 Å². The molecule has 3 aromatic rings. The highest BCUT2D eigenvalue weighted by Crippen LogP contribution is 2.33. The number of urea groups is 1. The van der Waals surface area contributed by atoms with Gasteiger partial charge in [0.15, 0.2) is 0 Å². The maximum atomic E-state index is 13.3. The second-order valence-electron chi connectivity index (χ2n) is 8.01. The molecule has 1 saturated heterocycles. The molecule has 1 aliphatic heterocycles. The molecule has 2 aromatic carbocycles. The van der Waals surface area contributed by atoms with Gasteiger partial charge < -0.3 is 4.57 Å². The summed E-state index contributed by atoms with van der Waals surface area (Å²) in [5.74, 6) is -1.37.